The van der Waals surface area contributed by atoms with Crippen molar-refractivity contribution in [1.82, 2.24) is 0 Å². The molecular weight excluding hydrogens is 311 g/mol. The summed E-state index contributed by atoms with van der Waals surface area (Å²) < 4.78 is 12.1. The van der Waals surface area contributed by atoms with E-state index in [9.17, 15) is 0 Å². The molecular formula is C15H22Cl2O2Si. The number of hydrogen-bond donors (Lipinski definition) is 0. The lowest BCUT2D eigenvalue weighted by Crippen LogP contribution is -2.45. The van der Waals surface area contributed by atoms with Gasteiger partial charge in [-0.15, -0.1) is 22.2 Å². The topological polar surface area (TPSA) is 18.5 Å². The Kier molecular flexibility index (Phi) is 4.75. The first-order valence-corrected chi connectivity index (χ1v) is 11.6. The van der Waals surface area contributed by atoms with E-state index in [1.165, 1.54) is 0 Å². The van der Waals surface area contributed by atoms with Crippen LogP contribution in [0.15, 0.2) is 18.2 Å². The molecule has 1 heterocycles. The van der Waals surface area contributed by atoms with Crippen molar-refractivity contribution in [2.75, 3.05) is 0 Å². The molecule has 2 atom stereocenters. The zero-order valence-corrected chi connectivity index (χ0v) is 15.0. The van der Waals surface area contributed by atoms with Crippen LogP contribution >= 0.6 is 22.2 Å². The summed E-state index contributed by atoms with van der Waals surface area (Å²) in [5.74, 6) is 0.686. The van der Waals surface area contributed by atoms with Crippen LogP contribution < -0.4 is 9.92 Å². The van der Waals surface area contributed by atoms with Crippen molar-refractivity contribution in [1.29, 1.82) is 0 Å². The highest BCUT2D eigenvalue weighted by Crippen LogP contribution is 2.37. The molecule has 2 rings (SSSR count). The zero-order chi connectivity index (χ0) is 15.0. The number of benzene rings is 1. The standard InChI is InChI=1S/C15H22Cl2O2Si/c1-5-6-11(2)15(3)18-10-12-9-13(20(4,16)17)7-8-14(12)19-15/h7-9,11H,5-6,10H2,1-4H3. The first-order valence-electron chi connectivity index (χ1n) is 7.10. The molecule has 1 aliphatic heterocycles. The number of halogens is 2. The number of ether oxygens (including phenoxy) is 2. The number of hydrogen-bond acceptors (Lipinski definition) is 2. The van der Waals surface area contributed by atoms with Gasteiger partial charge < -0.3 is 9.47 Å². The van der Waals surface area contributed by atoms with Crippen molar-refractivity contribution in [2.45, 2.75) is 52.6 Å². The highest BCUT2D eigenvalue weighted by atomic mass is 35.7. The van der Waals surface area contributed by atoms with Gasteiger partial charge in [-0.3, -0.25) is 0 Å². The minimum atomic E-state index is -2.33. The molecule has 0 aliphatic carbocycles. The quantitative estimate of drug-likeness (QED) is 0.596. The molecule has 1 aromatic rings. The van der Waals surface area contributed by atoms with Gasteiger partial charge in [0.25, 0.3) is 6.69 Å². The third-order valence-electron chi connectivity index (χ3n) is 4.01. The van der Waals surface area contributed by atoms with Gasteiger partial charge in [0.05, 0.1) is 6.61 Å². The van der Waals surface area contributed by atoms with Gasteiger partial charge in [-0.2, -0.15) is 0 Å². The summed E-state index contributed by atoms with van der Waals surface area (Å²) in [5, 5.41) is 0.997. The Morgan fingerprint density at radius 3 is 2.70 bits per heavy atom. The molecule has 1 aliphatic rings. The molecule has 5 heteroatoms. The van der Waals surface area contributed by atoms with Gasteiger partial charge in [-0.05, 0) is 24.2 Å². The SMILES string of the molecule is CCCC(C)C1(C)OCc2cc([Si](C)(Cl)Cl)ccc2O1. The maximum Gasteiger partial charge on any atom is 0.277 e. The molecule has 0 N–H and O–H groups in total. The molecule has 0 saturated heterocycles. The molecule has 20 heavy (non-hydrogen) atoms. The highest BCUT2D eigenvalue weighted by molar-refractivity contribution is 7.50. The van der Waals surface area contributed by atoms with E-state index in [1.54, 1.807) is 0 Å². The second kappa shape index (κ2) is 5.88. The van der Waals surface area contributed by atoms with Crippen LogP contribution in [0.1, 0.15) is 39.2 Å². The minimum absolute atomic E-state index is 0.348. The molecule has 0 aromatic heterocycles. The van der Waals surface area contributed by atoms with Gasteiger partial charge in [0.1, 0.15) is 5.75 Å². The lowest BCUT2D eigenvalue weighted by molar-refractivity contribution is -0.223. The molecule has 0 saturated carbocycles. The summed E-state index contributed by atoms with van der Waals surface area (Å²) in [7, 11) is 0. The van der Waals surface area contributed by atoms with E-state index in [2.05, 4.69) is 13.8 Å². The van der Waals surface area contributed by atoms with Crippen LogP contribution in [0.3, 0.4) is 0 Å². The average Bonchev–Trinajstić information content (AvgIpc) is 2.37. The van der Waals surface area contributed by atoms with E-state index < -0.39 is 12.5 Å². The number of rotatable bonds is 4. The molecule has 1 aromatic carbocycles. The van der Waals surface area contributed by atoms with Gasteiger partial charge in [0.2, 0.25) is 5.79 Å². The van der Waals surface area contributed by atoms with Crippen molar-refractivity contribution in [3.8, 4) is 5.75 Å². The molecule has 0 fully saturated rings. The van der Waals surface area contributed by atoms with Crippen LogP contribution in [-0.4, -0.2) is 12.5 Å². The van der Waals surface area contributed by atoms with Gasteiger partial charge in [0.15, 0.2) is 0 Å². The fraction of sp³-hybridized carbons (Fsp3) is 0.600. The summed E-state index contributed by atoms with van der Waals surface area (Å²) in [5.41, 5.74) is 1.03. The van der Waals surface area contributed by atoms with Crippen LogP contribution in [-0.2, 0) is 11.3 Å². The second-order valence-electron chi connectivity index (χ2n) is 5.81. The van der Waals surface area contributed by atoms with Crippen LogP contribution in [0.5, 0.6) is 5.75 Å². The van der Waals surface area contributed by atoms with Crippen LogP contribution in [0, 0.1) is 5.92 Å². The fourth-order valence-electron chi connectivity index (χ4n) is 2.47. The molecule has 2 nitrogen and oxygen atoms in total. The number of fused-ring (bicyclic) bond motifs is 1. The maximum absolute atomic E-state index is 6.27. The van der Waals surface area contributed by atoms with Crippen molar-refractivity contribution >= 4 is 34.0 Å². The molecule has 0 spiro atoms. The summed E-state index contributed by atoms with van der Waals surface area (Å²) >= 11 is 12.5. The Hall–Kier alpha value is -0.223. The Morgan fingerprint density at radius 1 is 1.40 bits per heavy atom. The first kappa shape index (κ1) is 16.2. The van der Waals surface area contributed by atoms with E-state index in [4.69, 9.17) is 31.6 Å². The molecule has 2 unspecified atom stereocenters. The second-order valence-corrected chi connectivity index (χ2v) is 13.3. The molecule has 0 amide bonds. The lowest BCUT2D eigenvalue weighted by Gasteiger charge is -2.40. The Morgan fingerprint density at radius 2 is 2.10 bits per heavy atom. The minimum Gasteiger partial charge on any atom is -0.462 e. The largest absolute Gasteiger partial charge is 0.462 e. The zero-order valence-electron chi connectivity index (χ0n) is 12.5. The Balaban J connectivity index is 2.24. The summed E-state index contributed by atoms with van der Waals surface area (Å²) in [4.78, 5) is 0. The third kappa shape index (κ3) is 3.33. The van der Waals surface area contributed by atoms with Gasteiger partial charge >= 0.3 is 0 Å². The lowest BCUT2D eigenvalue weighted by atomic mass is 9.96. The summed E-state index contributed by atoms with van der Waals surface area (Å²) in [6.07, 6.45) is 2.20. The van der Waals surface area contributed by atoms with Crippen molar-refractivity contribution in [3.63, 3.8) is 0 Å². The van der Waals surface area contributed by atoms with Crippen LogP contribution in [0.4, 0.5) is 0 Å². The van der Waals surface area contributed by atoms with Crippen molar-refractivity contribution in [2.24, 2.45) is 5.92 Å². The van der Waals surface area contributed by atoms with E-state index in [0.29, 0.717) is 12.5 Å². The Labute approximate surface area is 131 Å². The third-order valence-corrected chi connectivity index (χ3v) is 6.65. The van der Waals surface area contributed by atoms with Gasteiger partial charge in [-0.25, -0.2) is 0 Å². The van der Waals surface area contributed by atoms with E-state index in [0.717, 1.165) is 29.3 Å². The van der Waals surface area contributed by atoms with Crippen molar-refractivity contribution in [3.05, 3.63) is 23.8 Å². The Bertz CT molecular complexity index is 487. The predicted molar refractivity (Wildman–Crippen MR) is 87.3 cm³/mol. The average molecular weight is 333 g/mol. The van der Waals surface area contributed by atoms with Gasteiger partial charge in [0, 0.05) is 18.4 Å². The fourth-order valence-corrected chi connectivity index (χ4v) is 3.98. The van der Waals surface area contributed by atoms with Crippen LogP contribution in [0.25, 0.3) is 0 Å². The maximum atomic E-state index is 6.27. The summed E-state index contributed by atoms with van der Waals surface area (Å²) in [6, 6.07) is 5.97. The first-order chi connectivity index (χ1) is 9.26. The van der Waals surface area contributed by atoms with Crippen molar-refractivity contribution < 1.29 is 9.47 Å². The monoisotopic (exact) mass is 332 g/mol. The van der Waals surface area contributed by atoms with Crippen LogP contribution in [0.2, 0.25) is 6.55 Å². The van der Waals surface area contributed by atoms with E-state index >= 15 is 0 Å². The van der Waals surface area contributed by atoms with E-state index in [-0.39, 0.29) is 0 Å². The molecule has 112 valence electrons. The highest BCUT2D eigenvalue weighted by Gasteiger charge is 2.38. The predicted octanol–water partition coefficient (Wildman–Crippen LogP) is 4.50. The summed E-state index contributed by atoms with van der Waals surface area (Å²) in [6.45, 7) is 6.48. The van der Waals surface area contributed by atoms with E-state index in [1.807, 2.05) is 31.7 Å². The molecule has 0 bridgehead atoms. The smallest absolute Gasteiger partial charge is 0.277 e. The normalized spacial score (nSPS) is 23.9. The van der Waals surface area contributed by atoms with Gasteiger partial charge in [-0.1, -0.05) is 32.4 Å². The molecule has 0 radical (unpaired) electrons.